The van der Waals surface area contributed by atoms with Gasteiger partial charge in [0.25, 0.3) is 5.91 Å². The predicted molar refractivity (Wildman–Crippen MR) is 164 cm³/mol. The van der Waals surface area contributed by atoms with Gasteiger partial charge in [-0.2, -0.15) is 10.4 Å². The highest BCUT2D eigenvalue weighted by atomic mass is 32.1. The van der Waals surface area contributed by atoms with E-state index in [2.05, 4.69) is 6.07 Å². The maximum absolute atomic E-state index is 15.6. The van der Waals surface area contributed by atoms with Gasteiger partial charge in [-0.3, -0.25) is 4.79 Å². The third-order valence-electron chi connectivity index (χ3n) is 9.46. The highest BCUT2D eigenvalue weighted by Gasteiger charge is 2.57. The van der Waals surface area contributed by atoms with Crippen molar-refractivity contribution in [1.82, 2.24) is 19.5 Å². The Kier molecular flexibility index (Phi) is 6.08. The van der Waals surface area contributed by atoms with Gasteiger partial charge in [0, 0.05) is 56.5 Å². The number of carbonyl (C=O) groups is 1. The zero-order valence-corrected chi connectivity index (χ0v) is 25.4. The topological polar surface area (TPSA) is 110 Å². The molecule has 8 rings (SSSR count). The third-order valence-corrected chi connectivity index (χ3v) is 10.5. The van der Waals surface area contributed by atoms with Crippen molar-refractivity contribution in [2.75, 3.05) is 56.2 Å². The van der Waals surface area contributed by atoms with Gasteiger partial charge < -0.3 is 24.5 Å². The first-order valence-corrected chi connectivity index (χ1v) is 15.8. The third kappa shape index (κ3) is 4.29. The standard InChI is InChI=1S/C32H32FN7O3S/c1-19-3-5-20(6-4-19)26-25(12-34)44-30(35-26)37(2)28-24-11-23(22(33)13-40(24)36-27(28)21-7-8-21)38-14-31(15-38)16-39(17-31)29(41)32(42)9-10-43-18-32/h3-6,11,13,21,42H,7-10,14-18H2,1-2H3/t32-/m1/s1. The Balaban J connectivity index is 1.08. The van der Waals surface area contributed by atoms with Crippen molar-refractivity contribution in [1.29, 1.82) is 5.26 Å². The smallest absolute Gasteiger partial charge is 0.257 e. The Morgan fingerprint density at radius 2 is 1.98 bits per heavy atom. The van der Waals surface area contributed by atoms with E-state index in [1.54, 1.807) is 9.42 Å². The van der Waals surface area contributed by atoms with Crippen LogP contribution in [0.4, 0.5) is 20.9 Å². The number of pyridine rings is 1. The van der Waals surface area contributed by atoms with E-state index < -0.39 is 5.60 Å². The zero-order valence-electron chi connectivity index (χ0n) is 24.6. The second kappa shape index (κ2) is 9.72. The lowest BCUT2D eigenvalue weighted by atomic mass is 9.72. The lowest BCUT2D eigenvalue weighted by Crippen LogP contribution is -2.75. The Bertz CT molecular complexity index is 1840. The number of nitriles is 1. The lowest BCUT2D eigenvalue weighted by molar-refractivity contribution is -0.165. The fourth-order valence-corrected chi connectivity index (χ4v) is 7.72. The van der Waals surface area contributed by atoms with Crippen molar-refractivity contribution in [2.45, 2.75) is 37.7 Å². The molecule has 1 amide bonds. The first-order valence-electron chi connectivity index (χ1n) is 14.9. The van der Waals surface area contributed by atoms with Crippen LogP contribution in [-0.4, -0.2) is 82.6 Å². The van der Waals surface area contributed by atoms with Crippen molar-refractivity contribution >= 4 is 39.3 Å². The molecule has 3 aromatic heterocycles. The summed E-state index contributed by atoms with van der Waals surface area (Å²) in [4.78, 5) is 24.0. The largest absolute Gasteiger partial charge is 0.378 e. The minimum absolute atomic E-state index is 0.0454. The number of likely N-dealkylation sites (tertiary alicyclic amines) is 1. The number of hydrogen-bond acceptors (Lipinski definition) is 9. The van der Waals surface area contributed by atoms with Crippen LogP contribution in [0, 0.1) is 29.5 Å². The SMILES string of the molecule is Cc1ccc(-c2nc(N(C)c3c(C4CC4)nn4cc(F)c(N5CC6(CN(C(=O)[C@@]7(O)CCOC7)C6)C5)cc34)sc2C#N)cc1. The van der Waals surface area contributed by atoms with Crippen LogP contribution in [0.2, 0.25) is 0 Å². The second-order valence-electron chi connectivity index (χ2n) is 12.9. The number of thiazole rings is 1. The maximum Gasteiger partial charge on any atom is 0.257 e. The van der Waals surface area contributed by atoms with Gasteiger partial charge in [-0.15, -0.1) is 0 Å². The quantitative estimate of drug-likeness (QED) is 0.344. The van der Waals surface area contributed by atoms with Crippen molar-refractivity contribution in [3.05, 3.63) is 58.5 Å². The number of carbonyl (C=O) groups excluding carboxylic acids is 1. The summed E-state index contributed by atoms with van der Waals surface area (Å²) >= 11 is 1.34. The number of anilines is 3. The molecule has 1 aromatic carbocycles. The van der Waals surface area contributed by atoms with Crippen molar-refractivity contribution in [2.24, 2.45) is 5.41 Å². The van der Waals surface area contributed by atoms with Gasteiger partial charge in [0.2, 0.25) is 0 Å². The van der Waals surface area contributed by atoms with Gasteiger partial charge in [0.05, 0.1) is 42.0 Å². The molecule has 4 fully saturated rings. The summed E-state index contributed by atoms with van der Waals surface area (Å²) in [6.45, 7) is 4.82. The monoisotopic (exact) mass is 613 g/mol. The summed E-state index contributed by atoms with van der Waals surface area (Å²) < 4.78 is 22.4. The number of halogens is 1. The fourth-order valence-electron chi connectivity index (χ4n) is 6.87. The maximum atomic E-state index is 15.6. The molecule has 1 spiro atoms. The van der Waals surface area contributed by atoms with Crippen molar-refractivity contribution in [3.8, 4) is 17.3 Å². The van der Waals surface area contributed by atoms with Gasteiger partial charge in [-0.05, 0) is 25.8 Å². The van der Waals surface area contributed by atoms with Crippen molar-refractivity contribution < 1.29 is 19.0 Å². The average molecular weight is 614 g/mol. The Morgan fingerprint density at radius 3 is 2.64 bits per heavy atom. The number of fused-ring (bicyclic) bond motifs is 1. The Labute approximate surface area is 257 Å². The molecule has 0 bridgehead atoms. The van der Waals surface area contributed by atoms with Gasteiger partial charge in [0.1, 0.15) is 16.6 Å². The number of amides is 1. The molecular weight excluding hydrogens is 581 g/mol. The molecule has 1 N–H and O–H groups in total. The molecule has 0 radical (unpaired) electrons. The summed E-state index contributed by atoms with van der Waals surface area (Å²) in [7, 11) is 1.94. The molecule has 4 aromatic rings. The molecule has 4 aliphatic rings. The van der Waals surface area contributed by atoms with Crippen LogP contribution >= 0.6 is 11.3 Å². The summed E-state index contributed by atoms with van der Waals surface area (Å²) in [5.74, 6) is -0.311. The van der Waals surface area contributed by atoms with E-state index in [0.717, 1.165) is 40.9 Å². The molecule has 226 valence electrons. The average Bonchev–Trinajstić information content (AvgIpc) is 3.39. The number of hydrogen-bond donors (Lipinski definition) is 1. The van der Waals surface area contributed by atoms with E-state index in [4.69, 9.17) is 14.8 Å². The van der Waals surface area contributed by atoms with Crippen LogP contribution in [0.5, 0.6) is 0 Å². The Hall–Kier alpha value is -4.05. The lowest BCUT2D eigenvalue weighted by Gasteiger charge is -2.61. The van der Waals surface area contributed by atoms with Gasteiger partial charge in [-0.1, -0.05) is 41.2 Å². The Morgan fingerprint density at radius 1 is 1.23 bits per heavy atom. The van der Waals surface area contributed by atoms with E-state index >= 15 is 4.39 Å². The minimum atomic E-state index is -1.42. The van der Waals surface area contributed by atoms with E-state index in [1.807, 2.05) is 54.1 Å². The molecule has 1 aliphatic carbocycles. The molecule has 3 aliphatic heterocycles. The van der Waals surface area contributed by atoms with Crippen LogP contribution in [0.3, 0.4) is 0 Å². The highest BCUT2D eigenvalue weighted by molar-refractivity contribution is 7.16. The normalized spacial score (nSPS) is 22.2. The van der Waals surface area contributed by atoms with Crippen LogP contribution < -0.4 is 9.80 Å². The molecule has 6 heterocycles. The zero-order chi connectivity index (χ0) is 30.4. The van der Waals surface area contributed by atoms with E-state index in [-0.39, 0.29) is 23.7 Å². The minimum Gasteiger partial charge on any atom is -0.378 e. The summed E-state index contributed by atoms with van der Waals surface area (Å²) in [5.41, 5.74) is 4.25. The summed E-state index contributed by atoms with van der Waals surface area (Å²) in [5, 5.41) is 26.0. The van der Waals surface area contributed by atoms with Crippen LogP contribution in [-0.2, 0) is 9.53 Å². The molecular formula is C32H32FN7O3S. The number of aromatic nitrogens is 3. The first kappa shape index (κ1) is 27.5. The summed E-state index contributed by atoms with van der Waals surface area (Å²) in [6.07, 6.45) is 3.83. The molecule has 3 saturated heterocycles. The second-order valence-corrected chi connectivity index (χ2v) is 13.9. The van der Waals surface area contributed by atoms with Gasteiger partial charge >= 0.3 is 0 Å². The molecule has 10 nitrogen and oxygen atoms in total. The summed E-state index contributed by atoms with van der Waals surface area (Å²) in [6, 6.07) is 12.2. The van der Waals surface area contributed by atoms with Crippen molar-refractivity contribution in [3.63, 3.8) is 0 Å². The molecule has 12 heteroatoms. The number of benzene rings is 1. The number of nitrogens with zero attached hydrogens (tertiary/aromatic N) is 7. The van der Waals surface area contributed by atoms with E-state index in [0.29, 0.717) is 66.5 Å². The van der Waals surface area contributed by atoms with Crippen LogP contribution in [0.1, 0.15) is 41.3 Å². The van der Waals surface area contributed by atoms with Crippen LogP contribution in [0.25, 0.3) is 16.8 Å². The molecule has 1 atom stereocenters. The van der Waals surface area contributed by atoms with E-state index in [9.17, 15) is 15.2 Å². The molecule has 44 heavy (non-hydrogen) atoms. The molecule has 1 saturated carbocycles. The highest BCUT2D eigenvalue weighted by Crippen LogP contribution is 2.49. The van der Waals surface area contributed by atoms with E-state index in [1.165, 1.54) is 17.5 Å². The first-order chi connectivity index (χ1) is 21.2. The number of ether oxygens (including phenoxy) is 1. The predicted octanol–water partition coefficient (Wildman–Crippen LogP) is 4.22. The number of aliphatic hydroxyl groups is 1. The fraction of sp³-hybridized carbons (Fsp3) is 0.438. The number of aryl methyl sites for hydroxylation is 1. The van der Waals surface area contributed by atoms with Crippen LogP contribution in [0.15, 0.2) is 36.5 Å². The van der Waals surface area contributed by atoms with Gasteiger partial charge in [-0.25, -0.2) is 13.9 Å². The number of rotatable bonds is 6. The molecule has 0 unspecified atom stereocenters. The van der Waals surface area contributed by atoms with Gasteiger partial charge in [0.15, 0.2) is 16.5 Å².